The zero-order valence-corrected chi connectivity index (χ0v) is 15.3. The van der Waals surface area contributed by atoms with Crippen molar-refractivity contribution >= 4 is 39.7 Å². The maximum absolute atomic E-state index is 12.5. The lowest BCUT2D eigenvalue weighted by molar-refractivity contribution is 0.0605. The van der Waals surface area contributed by atoms with Gasteiger partial charge in [-0.15, -0.1) is 11.3 Å². The van der Waals surface area contributed by atoms with Crippen molar-refractivity contribution in [2.24, 2.45) is 0 Å². The first-order valence-corrected chi connectivity index (χ1v) is 8.89. The molecular weight excluding hydrogens is 360 g/mol. The molecule has 1 N–H and O–H groups in total. The highest BCUT2D eigenvalue weighted by Crippen LogP contribution is 2.28. The second-order valence-corrected chi connectivity index (χ2v) is 7.03. The molecular formula is C16H14N4O3S2. The van der Waals surface area contributed by atoms with Crippen LogP contribution in [0.5, 0.6) is 0 Å². The van der Waals surface area contributed by atoms with Gasteiger partial charge >= 0.3 is 5.97 Å². The van der Waals surface area contributed by atoms with Crippen LogP contribution in [0.2, 0.25) is 0 Å². The summed E-state index contributed by atoms with van der Waals surface area (Å²) in [5, 5.41) is 3.73. The summed E-state index contributed by atoms with van der Waals surface area (Å²) in [5.74, 6) is -0.788. The smallest absolute Gasteiger partial charge is 0.350 e. The van der Waals surface area contributed by atoms with Crippen molar-refractivity contribution in [3.8, 4) is 10.7 Å². The highest BCUT2D eigenvalue weighted by Gasteiger charge is 2.20. The van der Waals surface area contributed by atoms with Gasteiger partial charge in [-0.25, -0.2) is 14.8 Å². The lowest BCUT2D eigenvalue weighted by atomic mass is 10.3. The first kappa shape index (κ1) is 17.2. The van der Waals surface area contributed by atoms with Gasteiger partial charge in [-0.3, -0.25) is 15.1 Å². The molecule has 3 aromatic rings. The summed E-state index contributed by atoms with van der Waals surface area (Å²) in [5.41, 5.74) is 1.85. The number of rotatable bonds is 4. The van der Waals surface area contributed by atoms with Crippen molar-refractivity contribution in [1.29, 1.82) is 0 Å². The maximum Gasteiger partial charge on any atom is 0.350 e. The Morgan fingerprint density at radius 1 is 1.08 bits per heavy atom. The highest BCUT2D eigenvalue weighted by atomic mass is 32.1. The Morgan fingerprint density at radius 2 is 1.84 bits per heavy atom. The van der Waals surface area contributed by atoms with Crippen LogP contribution in [0.3, 0.4) is 0 Å². The molecule has 25 heavy (non-hydrogen) atoms. The number of ether oxygens (including phenoxy) is 1. The minimum absolute atomic E-state index is 0.317. The van der Waals surface area contributed by atoms with E-state index in [1.807, 2.05) is 18.2 Å². The fourth-order valence-corrected chi connectivity index (χ4v) is 3.91. The van der Waals surface area contributed by atoms with Crippen molar-refractivity contribution in [3.63, 3.8) is 0 Å². The Bertz CT molecular complexity index is 934. The van der Waals surface area contributed by atoms with E-state index in [1.165, 1.54) is 18.4 Å². The van der Waals surface area contributed by atoms with Crippen molar-refractivity contribution in [3.05, 3.63) is 45.5 Å². The number of aryl methyl sites for hydroxylation is 2. The number of methoxy groups -OCH3 is 1. The van der Waals surface area contributed by atoms with Crippen LogP contribution in [-0.2, 0) is 4.74 Å². The molecule has 0 saturated carbocycles. The SMILES string of the molecule is COC(=O)c1sc(NC(=O)c2sc(-c3ccccn3)nc2C)nc1C. The van der Waals surface area contributed by atoms with Gasteiger partial charge in [-0.2, -0.15) is 0 Å². The number of thiazole rings is 2. The molecule has 0 radical (unpaired) electrons. The molecule has 0 aliphatic carbocycles. The van der Waals surface area contributed by atoms with Gasteiger partial charge in [0.2, 0.25) is 0 Å². The lowest BCUT2D eigenvalue weighted by Gasteiger charge is -1.98. The molecule has 3 rings (SSSR count). The quantitative estimate of drug-likeness (QED) is 0.704. The monoisotopic (exact) mass is 374 g/mol. The molecule has 0 fully saturated rings. The van der Waals surface area contributed by atoms with Crippen LogP contribution < -0.4 is 5.32 Å². The van der Waals surface area contributed by atoms with E-state index in [4.69, 9.17) is 4.74 Å². The molecule has 0 aromatic carbocycles. The summed E-state index contributed by atoms with van der Waals surface area (Å²) in [6, 6.07) is 5.53. The molecule has 0 atom stereocenters. The van der Waals surface area contributed by atoms with Gasteiger partial charge in [0.1, 0.15) is 14.8 Å². The number of carbonyl (C=O) groups excluding carboxylic acids is 2. The Morgan fingerprint density at radius 3 is 2.52 bits per heavy atom. The second kappa shape index (κ2) is 7.08. The minimum atomic E-state index is -0.470. The molecule has 128 valence electrons. The normalized spacial score (nSPS) is 10.5. The van der Waals surface area contributed by atoms with E-state index >= 15 is 0 Å². The van der Waals surface area contributed by atoms with Crippen LogP contribution in [0.4, 0.5) is 5.13 Å². The standard InChI is InChI=1S/C16H14N4O3S2/c1-8-11(24-14(18-8)10-6-4-5-7-17-10)13(21)20-16-19-9(2)12(25-16)15(22)23-3/h4-7H,1-3H3,(H,19,20,21). The third-order valence-corrected chi connectivity index (χ3v) is 5.51. The maximum atomic E-state index is 12.5. The number of anilines is 1. The molecule has 0 aliphatic heterocycles. The van der Waals surface area contributed by atoms with Gasteiger partial charge in [-0.05, 0) is 26.0 Å². The van der Waals surface area contributed by atoms with Crippen molar-refractivity contribution in [2.45, 2.75) is 13.8 Å². The van der Waals surface area contributed by atoms with E-state index in [1.54, 1.807) is 20.0 Å². The summed E-state index contributed by atoms with van der Waals surface area (Å²) in [4.78, 5) is 37.9. The van der Waals surface area contributed by atoms with E-state index < -0.39 is 5.97 Å². The molecule has 7 nitrogen and oxygen atoms in total. The topological polar surface area (TPSA) is 94.1 Å². The molecule has 0 unspecified atom stereocenters. The number of hydrogen-bond acceptors (Lipinski definition) is 8. The first-order valence-electron chi connectivity index (χ1n) is 7.25. The van der Waals surface area contributed by atoms with Gasteiger partial charge in [0.15, 0.2) is 5.13 Å². The Balaban J connectivity index is 1.83. The summed E-state index contributed by atoms with van der Waals surface area (Å²) < 4.78 is 4.70. The minimum Gasteiger partial charge on any atom is -0.465 e. The molecule has 0 spiro atoms. The Kier molecular flexibility index (Phi) is 4.86. The van der Waals surface area contributed by atoms with Gasteiger partial charge in [-0.1, -0.05) is 17.4 Å². The van der Waals surface area contributed by atoms with Gasteiger partial charge in [0.25, 0.3) is 5.91 Å². The molecule has 3 heterocycles. The Hall–Kier alpha value is -2.65. The van der Waals surface area contributed by atoms with E-state index in [0.29, 0.717) is 37.0 Å². The van der Waals surface area contributed by atoms with Crippen LogP contribution >= 0.6 is 22.7 Å². The highest BCUT2D eigenvalue weighted by molar-refractivity contribution is 7.18. The number of amides is 1. The number of nitrogens with zero attached hydrogens (tertiary/aromatic N) is 3. The fourth-order valence-electron chi connectivity index (χ4n) is 2.09. The van der Waals surface area contributed by atoms with E-state index in [2.05, 4.69) is 20.3 Å². The lowest BCUT2D eigenvalue weighted by Crippen LogP contribution is -2.11. The number of hydrogen-bond donors (Lipinski definition) is 1. The number of pyridine rings is 1. The van der Waals surface area contributed by atoms with Crippen LogP contribution in [-0.4, -0.2) is 33.9 Å². The third-order valence-electron chi connectivity index (χ3n) is 3.27. The predicted molar refractivity (Wildman–Crippen MR) is 96.2 cm³/mol. The van der Waals surface area contributed by atoms with Gasteiger partial charge in [0, 0.05) is 6.20 Å². The number of nitrogens with one attached hydrogen (secondary N) is 1. The number of carbonyl (C=O) groups is 2. The fraction of sp³-hybridized carbons (Fsp3) is 0.188. The largest absolute Gasteiger partial charge is 0.465 e. The Labute approximate surface area is 151 Å². The number of esters is 1. The zero-order chi connectivity index (χ0) is 18.0. The van der Waals surface area contributed by atoms with E-state index in [9.17, 15) is 9.59 Å². The van der Waals surface area contributed by atoms with Gasteiger partial charge in [0.05, 0.1) is 24.2 Å². The van der Waals surface area contributed by atoms with Gasteiger partial charge < -0.3 is 4.74 Å². The van der Waals surface area contributed by atoms with E-state index in [0.717, 1.165) is 11.3 Å². The molecule has 0 saturated heterocycles. The molecule has 0 aliphatic rings. The predicted octanol–water partition coefficient (Wildman–Crippen LogP) is 3.32. The van der Waals surface area contributed by atoms with Crippen LogP contribution in [0.1, 0.15) is 30.7 Å². The van der Waals surface area contributed by atoms with Crippen LogP contribution in [0, 0.1) is 13.8 Å². The summed E-state index contributed by atoms with van der Waals surface area (Å²) in [6.07, 6.45) is 1.68. The average Bonchev–Trinajstić information content (AvgIpc) is 3.17. The second-order valence-electron chi connectivity index (χ2n) is 5.03. The average molecular weight is 374 g/mol. The first-order chi connectivity index (χ1) is 12.0. The van der Waals surface area contributed by atoms with Crippen molar-refractivity contribution < 1.29 is 14.3 Å². The molecule has 0 bridgehead atoms. The molecule has 3 aromatic heterocycles. The number of aromatic nitrogens is 3. The van der Waals surface area contributed by atoms with Crippen LogP contribution in [0.25, 0.3) is 10.7 Å². The third kappa shape index (κ3) is 3.57. The summed E-state index contributed by atoms with van der Waals surface area (Å²) in [6.45, 7) is 3.46. The van der Waals surface area contributed by atoms with Crippen molar-refractivity contribution in [2.75, 3.05) is 12.4 Å². The summed E-state index contributed by atoms with van der Waals surface area (Å²) in [7, 11) is 1.31. The van der Waals surface area contributed by atoms with E-state index in [-0.39, 0.29) is 5.91 Å². The molecule has 1 amide bonds. The summed E-state index contributed by atoms with van der Waals surface area (Å²) >= 11 is 2.34. The van der Waals surface area contributed by atoms with Crippen molar-refractivity contribution in [1.82, 2.24) is 15.0 Å². The van der Waals surface area contributed by atoms with Crippen LogP contribution in [0.15, 0.2) is 24.4 Å². The molecule has 9 heteroatoms. The zero-order valence-electron chi connectivity index (χ0n) is 13.7.